The summed E-state index contributed by atoms with van der Waals surface area (Å²) < 4.78 is 0. The number of benzene rings is 1. The van der Waals surface area contributed by atoms with Crippen LogP contribution in [-0.4, -0.2) is 5.11 Å². The molecule has 17 heavy (non-hydrogen) atoms. The number of nitriles is 1. The molecule has 82 valence electrons. The Morgan fingerprint density at radius 3 is 2.59 bits per heavy atom. The van der Waals surface area contributed by atoms with Crippen LogP contribution in [0.5, 0.6) is 5.75 Å². The molecule has 0 saturated carbocycles. The predicted molar refractivity (Wildman–Crippen MR) is 64.5 cm³/mol. The van der Waals surface area contributed by atoms with Crippen molar-refractivity contribution in [2.45, 2.75) is 0 Å². The zero-order chi connectivity index (χ0) is 12.3. The van der Waals surface area contributed by atoms with E-state index in [2.05, 4.69) is 0 Å². The number of aromatic hydroxyl groups is 1. The van der Waals surface area contributed by atoms with Crippen LogP contribution in [0.2, 0.25) is 0 Å². The Morgan fingerprint density at radius 2 is 1.82 bits per heavy atom. The molecule has 0 fully saturated rings. The molecule has 0 atom stereocenters. The summed E-state index contributed by atoms with van der Waals surface area (Å²) in [6.07, 6.45) is 0. The molecule has 0 aliphatic rings. The van der Waals surface area contributed by atoms with Crippen LogP contribution in [-0.2, 0) is 0 Å². The Balaban J connectivity index is 2.70. The van der Waals surface area contributed by atoms with E-state index in [0.29, 0.717) is 16.7 Å². The number of nitrogens with zero attached hydrogens (tertiary/aromatic N) is 1. The number of hydrogen-bond acceptors (Lipinski definition) is 3. The summed E-state index contributed by atoms with van der Waals surface area (Å²) in [6.45, 7) is 0. The average Bonchev–Trinajstić information content (AvgIpc) is 2.53. The third-order valence-corrected chi connectivity index (χ3v) is 2.41. The van der Waals surface area contributed by atoms with Gasteiger partial charge in [0.1, 0.15) is 0 Å². The van der Waals surface area contributed by atoms with Crippen molar-refractivity contribution in [2.24, 2.45) is 0 Å². The van der Waals surface area contributed by atoms with E-state index in [1.54, 1.807) is 42.5 Å². The van der Waals surface area contributed by atoms with Gasteiger partial charge in [0.05, 0.1) is 11.6 Å². The Bertz CT molecular complexity index is 657. The lowest BCUT2D eigenvalue weighted by molar-refractivity contribution is 0.473. The molecule has 0 aliphatic carbocycles. The highest BCUT2D eigenvalue weighted by Gasteiger charge is 2.06. The van der Waals surface area contributed by atoms with Crippen molar-refractivity contribution in [3.63, 3.8) is 0 Å². The van der Waals surface area contributed by atoms with Crippen LogP contribution in [0.1, 0.15) is 5.56 Å². The van der Waals surface area contributed by atoms with E-state index in [4.69, 9.17) is 5.26 Å². The largest absolute Gasteiger partial charge is 0.504 e. The van der Waals surface area contributed by atoms with Gasteiger partial charge < -0.3 is 5.11 Å². The molecule has 0 aromatic heterocycles. The highest BCUT2D eigenvalue weighted by Crippen LogP contribution is 2.25. The Kier molecular flexibility index (Phi) is 2.89. The molecule has 0 amide bonds. The Morgan fingerprint density at radius 1 is 1.06 bits per heavy atom. The van der Waals surface area contributed by atoms with Gasteiger partial charge in [-0.2, -0.15) is 5.26 Å². The highest BCUT2D eigenvalue weighted by atomic mass is 16.3. The van der Waals surface area contributed by atoms with E-state index >= 15 is 0 Å². The fourth-order valence-electron chi connectivity index (χ4n) is 1.57. The lowest BCUT2D eigenvalue weighted by atomic mass is 10.0. The van der Waals surface area contributed by atoms with Crippen molar-refractivity contribution in [1.29, 1.82) is 5.26 Å². The topological polar surface area (TPSA) is 61.1 Å². The second-order valence-electron chi connectivity index (χ2n) is 3.54. The molecule has 0 radical (unpaired) electrons. The average molecular weight is 223 g/mol. The summed E-state index contributed by atoms with van der Waals surface area (Å²) in [4.78, 5) is 11.5. The minimum atomic E-state index is -0.438. The van der Waals surface area contributed by atoms with Crippen LogP contribution >= 0.6 is 0 Å². The van der Waals surface area contributed by atoms with Gasteiger partial charge >= 0.3 is 0 Å². The van der Waals surface area contributed by atoms with Gasteiger partial charge in [0.15, 0.2) is 5.75 Å². The fraction of sp³-hybridized carbons (Fsp3) is 0. The van der Waals surface area contributed by atoms with Crippen molar-refractivity contribution >= 4 is 0 Å². The van der Waals surface area contributed by atoms with Crippen LogP contribution in [0.15, 0.2) is 53.3 Å². The molecule has 0 saturated heterocycles. The Labute approximate surface area is 98.2 Å². The summed E-state index contributed by atoms with van der Waals surface area (Å²) in [5.41, 5.74) is 1.13. The first-order valence-corrected chi connectivity index (χ1v) is 5.05. The number of hydrogen-bond donors (Lipinski definition) is 1. The van der Waals surface area contributed by atoms with Gasteiger partial charge in [0.2, 0.25) is 5.43 Å². The van der Waals surface area contributed by atoms with E-state index in [1.807, 2.05) is 6.07 Å². The molecule has 0 spiro atoms. The molecule has 2 aromatic rings. The van der Waals surface area contributed by atoms with Gasteiger partial charge in [-0.3, -0.25) is 4.79 Å². The maximum absolute atomic E-state index is 11.5. The van der Waals surface area contributed by atoms with Crippen LogP contribution in [0.25, 0.3) is 11.1 Å². The second kappa shape index (κ2) is 4.50. The van der Waals surface area contributed by atoms with Crippen molar-refractivity contribution < 1.29 is 5.11 Å². The first-order chi connectivity index (χ1) is 8.22. The first-order valence-electron chi connectivity index (χ1n) is 5.05. The van der Waals surface area contributed by atoms with Crippen LogP contribution in [0, 0.1) is 11.3 Å². The van der Waals surface area contributed by atoms with Gasteiger partial charge in [0.25, 0.3) is 0 Å². The van der Waals surface area contributed by atoms with Gasteiger partial charge in [-0.05, 0) is 23.8 Å². The van der Waals surface area contributed by atoms with Crippen molar-refractivity contribution in [3.05, 3.63) is 64.3 Å². The normalized spacial score (nSPS) is 9.59. The van der Waals surface area contributed by atoms with Gasteiger partial charge in [0, 0.05) is 5.56 Å². The smallest absolute Gasteiger partial charge is 0.220 e. The minimum absolute atomic E-state index is 0.301. The fourth-order valence-corrected chi connectivity index (χ4v) is 1.57. The first kappa shape index (κ1) is 10.9. The molecule has 2 aromatic carbocycles. The van der Waals surface area contributed by atoms with Crippen LogP contribution in [0.4, 0.5) is 0 Å². The summed E-state index contributed by atoms with van der Waals surface area (Å²) >= 11 is 0. The summed E-state index contributed by atoms with van der Waals surface area (Å²) in [7, 11) is 0. The maximum atomic E-state index is 11.5. The molecular formula is C14H9NO2. The van der Waals surface area contributed by atoms with Crippen molar-refractivity contribution in [1.82, 2.24) is 0 Å². The van der Waals surface area contributed by atoms with Crippen LogP contribution < -0.4 is 5.43 Å². The predicted octanol–water partition coefficient (Wildman–Crippen LogP) is 2.29. The quantitative estimate of drug-likeness (QED) is 0.806. The standard InChI is InChI=1S/C14H9NO2/c15-9-10-4-3-5-11(8-10)12-6-1-2-7-13(16)14(12)17/h1-8H,(H,16,17). The highest BCUT2D eigenvalue weighted by molar-refractivity contribution is 5.70. The number of rotatable bonds is 1. The summed E-state index contributed by atoms with van der Waals surface area (Å²) in [6, 6.07) is 15.0. The SMILES string of the molecule is N#Cc1cccc(-c2ccccc(=O)c2O)c1. The monoisotopic (exact) mass is 223 g/mol. The molecule has 0 aliphatic heterocycles. The molecule has 3 heteroatoms. The molecule has 3 nitrogen and oxygen atoms in total. The van der Waals surface area contributed by atoms with E-state index < -0.39 is 5.43 Å². The summed E-state index contributed by atoms with van der Waals surface area (Å²) in [5.74, 6) is -0.301. The van der Waals surface area contributed by atoms with Crippen molar-refractivity contribution in [3.8, 4) is 22.9 Å². The van der Waals surface area contributed by atoms with Crippen LogP contribution in [0.3, 0.4) is 0 Å². The molecule has 0 bridgehead atoms. The Hall–Kier alpha value is -2.60. The minimum Gasteiger partial charge on any atom is -0.504 e. The molecule has 0 unspecified atom stereocenters. The third-order valence-electron chi connectivity index (χ3n) is 2.41. The molecule has 2 rings (SSSR count). The zero-order valence-corrected chi connectivity index (χ0v) is 8.92. The van der Waals surface area contributed by atoms with Crippen molar-refractivity contribution in [2.75, 3.05) is 0 Å². The maximum Gasteiger partial charge on any atom is 0.220 e. The lowest BCUT2D eigenvalue weighted by Gasteiger charge is -2.01. The van der Waals surface area contributed by atoms with Gasteiger partial charge in [-0.15, -0.1) is 0 Å². The van der Waals surface area contributed by atoms with E-state index in [9.17, 15) is 9.90 Å². The molecular weight excluding hydrogens is 214 g/mol. The summed E-state index contributed by atoms with van der Waals surface area (Å²) in [5, 5.41) is 18.6. The lowest BCUT2D eigenvalue weighted by Crippen LogP contribution is -1.94. The zero-order valence-electron chi connectivity index (χ0n) is 8.92. The third kappa shape index (κ3) is 2.16. The molecule has 1 N–H and O–H groups in total. The van der Waals surface area contributed by atoms with E-state index in [-0.39, 0.29) is 5.75 Å². The van der Waals surface area contributed by atoms with E-state index in [0.717, 1.165) is 0 Å². The molecule has 0 heterocycles. The second-order valence-corrected chi connectivity index (χ2v) is 3.54. The van der Waals surface area contributed by atoms with Gasteiger partial charge in [-0.1, -0.05) is 30.3 Å². The van der Waals surface area contributed by atoms with Gasteiger partial charge in [-0.25, -0.2) is 0 Å². The van der Waals surface area contributed by atoms with E-state index in [1.165, 1.54) is 6.07 Å².